The third-order valence-corrected chi connectivity index (χ3v) is 2.89. The van der Waals surface area contributed by atoms with Gasteiger partial charge in [-0.1, -0.05) is 13.0 Å². The summed E-state index contributed by atoms with van der Waals surface area (Å²) < 4.78 is 0. The lowest BCUT2D eigenvalue weighted by molar-refractivity contribution is -0.126. The Hall–Kier alpha value is -1.75. The summed E-state index contributed by atoms with van der Waals surface area (Å²) in [5.41, 5.74) is 0.113. The van der Waals surface area contributed by atoms with Crippen molar-refractivity contribution in [1.82, 2.24) is 5.32 Å². The molecule has 5 heteroatoms. The van der Waals surface area contributed by atoms with Crippen LogP contribution in [0.5, 0.6) is 11.5 Å². The van der Waals surface area contributed by atoms with Gasteiger partial charge in [-0.3, -0.25) is 4.79 Å². The number of aliphatic hydroxyl groups excluding tert-OH is 1. The molecule has 1 atom stereocenters. The van der Waals surface area contributed by atoms with E-state index in [1.54, 1.807) is 26.8 Å². The summed E-state index contributed by atoms with van der Waals surface area (Å²) in [5, 5.41) is 30.5. The maximum absolute atomic E-state index is 11.9. The number of phenols is 2. The minimum Gasteiger partial charge on any atom is -0.504 e. The Labute approximate surface area is 112 Å². The fraction of sp³-hybridized carbons (Fsp3) is 0.500. The first-order chi connectivity index (χ1) is 8.75. The maximum Gasteiger partial charge on any atom is 0.223 e. The van der Waals surface area contributed by atoms with Gasteiger partial charge >= 0.3 is 0 Å². The largest absolute Gasteiger partial charge is 0.504 e. The van der Waals surface area contributed by atoms with Crippen molar-refractivity contribution >= 4 is 5.91 Å². The number of rotatable bonds is 5. The molecule has 0 saturated carbocycles. The number of carbonyl (C=O) groups excluding carboxylic acids is 1. The number of benzene rings is 1. The monoisotopic (exact) mass is 267 g/mol. The molecule has 1 unspecified atom stereocenters. The van der Waals surface area contributed by atoms with Crippen molar-refractivity contribution in [2.75, 3.05) is 6.61 Å². The van der Waals surface area contributed by atoms with Gasteiger partial charge in [0.2, 0.25) is 5.91 Å². The topological polar surface area (TPSA) is 89.8 Å². The molecule has 0 aromatic heterocycles. The number of carbonyl (C=O) groups is 1. The first-order valence-electron chi connectivity index (χ1n) is 6.19. The predicted octanol–water partition coefficient (Wildman–Crippen LogP) is 1.16. The van der Waals surface area contributed by atoms with Crippen LogP contribution in [0.1, 0.15) is 26.3 Å². The molecular formula is C14H21NO4. The molecule has 1 aromatic carbocycles. The molecule has 0 fully saturated rings. The van der Waals surface area contributed by atoms with Crippen LogP contribution in [-0.4, -0.2) is 33.4 Å². The van der Waals surface area contributed by atoms with Gasteiger partial charge < -0.3 is 20.6 Å². The Bertz CT molecular complexity index is 457. The smallest absolute Gasteiger partial charge is 0.223 e. The fourth-order valence-corrected chi connectivity index (χ4v) is 1.64. The predicted molar refractivity (Wildman–Crippen MR) is 71.9 cm³/mol. The summed E-state index contributed by atoms with van der Waals surface area (Å²) in [4.78, 5) is 11.9. The first-order valence-corrected chi connectivity index (χ1v) is 6.19. The number of phenolic OH excluding ortho intramolecular Hbond substituents is 2. The highest BCUT2D eigenvalue weighted by Gasteiger charge is 2.22. The van der Waals surface area contributed by atoms with Gasteiger partial charge in [-0.05, 0) is 38.0 Å². The maximum atomic E-state index is 11.9. The molecule has 1 aromatic rings. The van der Waals surface area contributed by atoms with Gasteiger partial charge in [0.25, 0.3) is 0 Å². The van der Waals surface area contributed by atoms with Crippen molar-refractivity contribution in [3.63, 3.8) is 0 Å². The molecule has 0 radical (unpaired) electrons. The van der Waals surface area contributed by atoms with Crippen molar-refractivity contribution in [2.24, 2.45) is 5.92 Å². The summed E-state index contributed by atoms with van der Waals surface area (Å²) in [6, 6.07) is 4.50. The van der Waals surface area contributed by atoms with Crippen LogP contribution in [0.15, 0.2) is 18.2 Å². The fourth-order valence-electron chi connectivity index (χ4n) is 1.64. The third-order valence-electron chi connectivity index (χ3n) is 2.89. The van der Waals surface area contributed by atoms with Gasteiger partial charge in [-0.2, -0.15) is 0 Å². The van der Waals surface area contributed by atoms with Crippen LogP contribution in [0.25, 0.3) is 0 Å². The summed E-state index contributed by atoms with van der Waals surface area (Å²) in [5.74, 6) is -0.829. The molecule has 5 nitrogen and oxygen atoms in total. The first kappa shape index (κ1) is 15.3. The summed E-state index contributed by atoms with van der Waals surface area (Å²) >= 11 is 0. The molecule has 4 N–H and O–H groups in total. The molecule has 0 spiro atoms. The van der Waals surface area contributed by atoms with Gasteiger partial charge in [-0.25, -0.2) is 0 Å². The van der Waals surface area contributed by atoms with E-state index in [4.69, 9.17) is 5.11 Å². The highest BCUT2D eigenvalue weighted by molar-refractivity contribution is 5.79. The lowest BCUT2D eigenvalue weighted by Gasteiger charge is -2.25. The number of aliphatic hydroxyl groups is 1. The molecule has 0 bridgehead atoms. The van der Waals surface area contributed by atoms with Crippen LogP contribution in [0.4, 0.5) is 0 Å². The zero-order chi connectivity index (χ0) is 14.6. The molecular weight excluding hydrogens is 246 g/mol. The minimum atomic E-state index is -0.650. The van der Waals surface area contributed by atoms with Crippen LogP contribution >= 0.6 is 0 Å². The van der Waals surface area contributed by atoms with Gasteiger partial charge in [0, 0.05) is 5.92 Å². The standard InChI is InChI=1S/C14H21NO4/c1-9(13(19)15-14(2,3)8-16)6-10-4-5-11(17)12(18)7-10/h4-5,7,9,16-18H,6,8H2,1-3H3,(H,15,19). The van der Waals surface area contributed by atoms with Crippen molar-refractivity contribution in [3.05, 3.63) is 23.8 Å². The van der Waals surface area contributed by atoms with E-state index in [0.717, 1.165) is 5.56 Å². The van der Waals surface area contributed by atoms with Crippen LogP contribution in [0.2, 0.25) is 0 Å². The van der Waals surface area contributed by atoms with Crippen LogP contribution in [0, 0.1) is 5.92 Å². The van der Waals surface area contributed by atoms with E-state index in [1.165, 1.54) is 12.1 Å². The van der Waals surface area contributed by atoms with Gasteiger partial charge in [0.15, 0.2) is 11.5 Å². The Morgan fingerprint density at radius 3 is 2.47 bits per heavy atom. The molecule has 106 valence electrons. The second kappa shape index (κ2) is 5.93. The molecule has 0 aliphatic rings. The van der Waals surface area contributed by atoms with E-state index in [1.807, 2.05) is 0 Å². The van der Waals surface area contributed by atoms with E-state index in [9.17, 15) is 15.0 Å². The Morgan fingerprint density at radius 2 is 1.95 bits per heavy atom. The zero-order valence-corrected chi connectivity index (χ0v) is 11.5. The average molecular weight is 267 g/mol. The van der Waals surface area contributed by atoms with E-state index in [2.05, 4.69) is 5.32 Å². The number of amides is 1. The van der Waals surface area contributed by atoms with Crippen molar-refractivity contribution in [1.29, 1.82) is 0 Å². The lowest BCUT2D eigenvalue weighted by atomic mass is 9.98. The quantitative estimate of drug-likeness (QED) is 0.603. The lowest BCUT2D eigenvalue weighted by Crippen LogP contribution is -2.48. The summed E-state index contributed by atoms with van der Waals surface area (Å²) in [6.45, 7) is 5.12. The second-order valence-corrected chi connectivity index (χ2v) is 5.46. The number of hydrogen-bond donors (Lipinski definition) is 4. The van der Waals surface area contributed by atoms with Crippen molar-refractivity contribution in [3.8, 4) is 11.5 Å². The van der Waals surface area contributed by atoms with Gasteiger partial charge in [-0.15, -0.1) is 0 Å². The van der Waals surface area contributed by atoms with E-state index < -0.39 is 5.54 Å². The van der Waals surface area contributed by atoms with Gasteiger partial charge in [0.05, 0.1) is 12.1 Å². The van der Waals surface area contributed by atoms with Crippen LogP contribution in [0.3, 0.4) is 0 Å². The Kier molecular flexibility index (Phi) is 4.78. The SMILES string of the molecule is CC(Cc1ccc(O)c(O)c1)C(=O)NC(C)(C)CO. The molecule has 1 amide bonds. The average Bonchev–Trinajstić information content (AvgIpc) is 2.33. The number of aromatic hydroxyl groups is 2. The van der Waals surface area contributed by atoms with Crippen molar-refractivity contribution in [2.45, 2.75) is 32.7 Å². The van der Waals surface area contributed by atoms with Crippen LogP contribution < -0.4 is 5.32 Å². The Balaban J connectivity index is 2.66. The summed E-state index contributed by atoms with van der Waals surface area (Å²) in [6.07, 6.45) is 0.446. The molecule has 1 rings (SSSR count). The van der Waals surface area contributed by atoms with E-state index >= 15 is 0 Å². The number of hydrogen-bond acceptors (Lipinski definition) is 4. The normalized spacial score (nSPS) is 13.1. The third kappa shape index (κ3) is 4.44. The van der Waals surface area contributed by atoms with Crippen molar-refractivity contribution < 1.29 is 20.1 Å². The highest BCUT2D eigenvalue weighted by Crippen LogP contribution is 2.26. The minimum absolute atomic E-state index is 0.133. The molecule has 0 aliphatic heterocycles. The van der Waals surface area contributed by atoms with E-state index in [-0.39, 0.29) is 29.9 Å². The molecule has 0 aliphatic carbocycles. The molecule has 0 saturated heterocycles. The van der Waals surface area contributed by atoms with Gasteiger partial charge in [0.1, 0.15) is 0 Å². The Morgan fingerprint density at radius 1 is 1.32 bits per heavy atom. The number of nitrogens with one attached hydrogen (secondary N) is 1. The molecule has 0 heterocycles. The second-order valence-electron chi connectivity index (χ2n) is 5.46. The highest BCUT2D eigenvalue weighted by atomic mass is 16.3. The summed E-state index contributed by atoms with van der Waals surface area (Å²) in [7, 11) is 0. The zero-order valence-electron chi connectivity index (χ0n) is 11.5. The van der Waals surface area contributed by atoms with Crippen LogP contribution in [-0.2, 0) is 11.2 Å². The molecule has 19 heavy (non-hydrogen) atoms. The van der Waals surface area contributed by atoms with E-state index in [0.29, 0.717) is 6.42 Å².